The van der Waals surface area contributed by atoms with Crippen molar-refractivity contribution in [3.63, 3.8) is 0 Å². The van der Waals surface area contributed by atoms with Crippen molar-refractivity contribution in [3.05, 3.63) is 36.5 Å². The number of hydrogen-bond donors (Lipinski definition) is 1. The summed E-state index contributed by atoms with van der Waals surface area (Å²) in [6.45, 7) is 0. The Balaban J connectivity index is 1.59. The maximum Gasteiger partial charge on any atom is 0.254 e. The molecule has 1 aliphatic carbocycles. The van der Waals surface area contributed by atoms with Crippen molar-refractivity contribution >= 4 is 17.1 Å². The minimum absolute atomic E-state index is 0.0941. The van der Waals surface area contributed by atoms with Gasteiger partial charge in [0.2, 0.25) is 0 Å². The van der Waals surface area contributed by atoms with E-state index in [0.29, 0.717) is 16.7 Å². The molecule has 2 atom stereocenters. The van der Waals surface area contributed by atoms with E-state index in [9.17, 15) is 4.79 Å². The molecule has 0 spiro atoms. The zero-order valence-corrected chi connectivity index (χ0v) is 12.8. The van der Waals surface area contributed by atoms with Gasteiger partial charge < -0.3 is 9.88 Å². The molecule has 0 aromatic carbocycles. The molecule has 1 amide bonds. The zero-order chi connectivity index (χ0) is 15.8. The predicted octanol–water partition coefficient (Wildman–Crippen LogP) is 1.08. The SMILES string of the molecule is Cn1nnc2c(C(=O)N[C@@H]3CCC[C@@H]3n3ccnc3)ccnc21. The zero-order valence-electron chi connectivity index (χ0n) is 12.8. The number of aromatic nitrogens is 6. The fourth-order valence-electron chi connectivity index (χ4n) is 3.29. The highest BCUT2D eigenvalue weighted by Gasteiger charge is 2.30. The van der Waals surface area contributed by atoms with E-state index < -0.39 is 0 Å². The first-order valence-electron chi connectivity index (χ1n) is 7.67. The maximum atomic E-state index is 12.7. The lowest BCUT2D eigenvalue weighted by Crippen LogP contribution is -2.38. The van der Waals surface area contributed by atoms with Crippen LogP contribution in [0.2, 0.25) is 0 Å². The van der Waals surface area contributed by atoms with Gasteiger partial charge in [-0.3, -0.25) is 4.79 Å². The highest BCUT2D eigenvalue weighted by molar-refractivity contribution is 6.03. The second-order valence-electron chi connectivity index (χ2n) is 5.83. The number of pyridine rings is 1. The highest BCUT2D eigenvalue weighted by Crippen LogP contribution is 2.30. The van der Waals surface area contributed by atoms with Gasteiger partial charge in [0.15, 0.2) is 5.65 Å². The Labute approximate surface area is 132 Å². The quantitative estimate of drug-likeness (QED) is 0.781. The first-order valence-corrected chi connectivity index (χ1v) is 7.67. The van der Waals surface area contributed by atoms with Gasteiger partial charge in [0.25, 0.3) is 5.91 Å². The Morgan fingerprint density at radius 3 is 3.09 bits per heavy atom. The van der Waals surface area contributed by atoms with Gasteiger partial charge in [-0.15, -0.1) is 5.10 Å². The van der Waals surface area contributed by atoms with Crippen LogP contribution in [0.25, 0.3) is 11.2 Å². The third kappa shape index (κ3) is 2.36. The Kier molecular flexibility index (Phi) is 3.29. The normalized spacial score (nSPS) is 20.9. The molecule has 4 rings (SSSR count). The van der Waals surface area contributed by atoms with E-state index in [1.54, 1.807) is 30.2 Å². The number of carbonyl (C=O) groups excluding carboxylic acids is 1. The molecule has 0 radical (unpaired) electrons. The van der Waals surface area contributed by atoms with Crippen LogP contribution in [-0.4, -0.2) is 41.5 Å². The van der Waals surface area contributed by atoms with E-state index in [2.05, 4.69) is 30.2 Å². The number of carbonyl (C=O) groups is 1. The topological polar surface area (TPSA) is 90.5 Å². The fraction of sp³-hybridized carbons (Fsp3) is 0.400. The summed E-state index contributed by atoms with van der Waals surface area (Å²) in [4.78, 5) is 21.0. The summed E-state index contributed by atoms with van der Waals surface area (Å²) < 4.78 is 3.64. The average molecular weight is 311 g/mol. The van der Waals surface area contributed by atoms with Crippen molar-refractivity contribution in [3.8, 4) is 0 Å². The molecule has 1 saturated carbocycles. The number of fused-ring (bicyclic) bond motifs is 1. The highest BCUT2D eigenvalue weighted by atomic mass is 16.1. The number of nitrogens with zero attached hydrogens (tertiary/aromatic N) is 6. The van der Waals surface area contributed by atoms with Crippen LogP contribution >= 0.6 is 0 Å². The molecular weight excluding hydrogens is 294 g/mol. The van der Waals surface area contributed by atoms with Crippen molar-refractivity contribution in [2.45, 2.75) is 31.3 Å². The lowest BCUT2D eigenvalue weighted by Gasteiger charge is -2.22. The maximum absolute atomic E-state index is 12.7. The Bertz CT molecular complexity index is 839. The van der Waals surface area contributed by atoms with Crippen molar-refractivity contribution in [2.24, 2.45) is 7.05 Å². The van der Waals surface area contributed by atoms with Gasteiger partial charge in [0.1, 0.15) is 5.52 Å². The molecule has 118 valence electrons. The van der Waals surface area contributed by atoms with Crippen LogP contribution in [0.1, 0.15) is 35.7 Å². The molecule has 1 N–H and O–H groups in total. The van der Waals surface area contributed by atoms with Crippen LogP contribution < -0.4 is 5.32 Å². The summed E-state index contributed by atoms with van der Waals surface area (Å²) in [6, 6.07) is 2.03. The summed E-state index contributed by atoms with van der Waals surface area (Å²) in [5, 5.41) is 11.1. The molecule has 0 unspecified atom stereocenters. The molecule has 0 aliphatic heterocycles. The van der Waals surface area contributed by atoms with E-state index in [1.165, 1.54) is 0 Å². The van der Waals surface area contributed by atoms with Crippen molar-refractivity contribution < 1.29 is 4.79 Å². The predicted molar refractivity (Wildman–Crippen MR) is 82.7 cm³/mol. The average Bonchev–Trinajstić information content (AvgIpc) is 3.28. The van der Waals surface area contributed by atoms with Gasteiger partial charge in [-0.25, -0.2) is 14.6 Å². The summed E-state index contributed by atoms with van der Waals surface area (Å²) in [5.41, 5.74) is 1.65. The molecule has 3 heterocycles. The Morgan fingerprint density at radius 2 is 2.26 bits per heavy atom. The van der Waals surface area contributed by atoms with Crippen LogP contribution in [0.15, 0.2) is 31.0 Å². The van der Waals surface area contributed by atoms with Gasteiger partial charge in [-0.05, 0) is 25.3 Å². The molecule has 8 nitrogen and oxygen atoms in total. The van der Waals surface area contributed by atoms with Crippen molar-refractivity contribution in [1.82, 2.24) is 34.8 Å². The van der Waals surface area contributed by atoms with Gasteiger partial charge in [-0.2, -0.15) is 0 Å². The number of hydrogen-bond acceptors (Lipinski definition) is 5. The third-order valence-corrected chi connectivity index (χ3v) is 4.44. The number of imidazole rings is 1. The lowest BCUT2D eigenvalue weighted by atomic mass is 10.1. The number of amides is 1. The van der Waals surface area contributed by atoms with Crippen LogP contribution in [-0.2, 0) is 7.05 Å². The van der Waals surface area contributed by atoms with E-state index in [1.807, 2.05) is 12.5 Å². The summed E-state index contributed by atoms with van der Waals surface area (Å²) in [7, 11) is 1.76. The van der Waals surface area contributed by atoms with Crippen LogP contribution in [0.3, 0.4) is 0 Å². The third-order valence-electron chi connectivity index (χ3n) is 4.44. The molecule has 0 saturated heterocycles. The molecule has 1 fully saturated rings. The Morgan fingerprint density at radius 1 is 1.35 bits per heavy atom. The molecule has 0 bridgehead atoms. The summed E-state index contributed by atoms with van der Waals surface area (Å²) >= 11 is 0. The first-order chi connectivity index (χ1) is 11.2. The van der Waals surface area contributed by atoms with E-state index in [0.717, 1.165) is 19.3 Å². The first kappa shape index (κ1) is 13.9. The summed E-state index contributed by atoms with van der Waals surface area (Å²) in [6.07, 6.45) is 10.2. The standard InChI is InChI=1S/C15H17N7O/c1-21-14-13(19-20-21)10(5-6-17-14)15(23)18-11-3-2-4-12(11)22-8-7-16-9-22/h5-9,11-12H,2-4H2,1H3,(H,18,23)/t11-,12+/m1/s1. The molecule has 3 aromatic heterocycles. The number of rotatable bonds is 3. The Hall–Kier alpha value is -2.77. The lowest BCUT2D eigenvalue weighted by molar-refractivity contribution is 0.0930. The second kappa shape index (κ2) is 5.45. The van der Waals surface area contributed by atoms with E-state index in [4.69, 9.17) is 0 Å². The minimum Gasteiger partial charge on any atom is -0.347 e. The second-order valence-corrected chi connectivity index (χ2v) is 5.83. The van der Waals surface area contributed by atoms with E-state index in [-0.39, 0.29) is 18.0 Å². The van der Waals surface area contributed by atoms with Crippen molar-refractivity contribution in [2.75, 3.05) is 0 Å². The van der Waals surface area contributed by atoms with Gasteiger partial charge in [0, 0.05) is 31.7 Å². The number of aryl methyl sites for hydroxylation is 1. The smallest absolute Gasteiger partial charge is 0.254 e. The summed E-state index contributed by atoms with van der Waals surface area (Å²) in [5.74, 6) is -0.130. The van der Waals surface area contributed by atoms with Gasteiger partial charge in [-0.1, -0.05) is 5.21 Å². The molecule has 3 aromatic rings. The molecule has 1 aliphatic rings. The monoisotopic (exact) mass is 311 g/mol. The van der Waals surface area contributed by atoms with E-state index >= 15 is 0 Å². The largest absolute Gasteiger partial charge is 0.347 e. The van der Waals surface area contributed by atoms with Crippen molar-refractivity contribution in [1.29, 1.82) is 0 Å². The van der Waals surface area contributed by atoms with Gasteiger partial charge >= 0.3 is 0 Å². The molecular formula is C15H17N7O. The molecule has 23 heavy (non-hydrogen) atoms. The minimum atomic E-state index is -0.130. The van der Waals surface area contributed by atoms with Gasteiger partial charge in [0.05, 0.1) is 17.9 Å². The van der Waals surface area contributed by atoms with Crippen LogP contribution in [0.4, 0.5) is 0 Å². The van der Waals surface area contributed by atoms with Crippen LogP contribution in [0, 0.1) is 0 Å². The fourth-order valence-corrected chi connectivity index (χ4v) is 3.29. The molecule has 8 heteroatoms. The number of nitrogens with one attached hydrogen (secondary N) is 1. The van der Waals surface area contributed by atoms with Crippen LogP contribution in [0.5, 0.6) is 0 Å².